The van der Waals surface area contributed by atoms with Crippen LogP contribution in [-0.4, -0.2) is 17.3 Å². The minimum atomic E-state index is -0.0386. The number of nitrogens with one attached hydrogen (secondary N) is 1. The van der Waals surface area contributed by atoms with E-state index in [9.17, 15) is 4.79 Å². The standard InChI is InChI=1S/C16H18N2O2/c1-10-3-5-13(20-2)8-15(10)11-4-6-14-12(7-11)9-17-18-16(14)19/h3,5,8-9,11H,4,6-7H2,1-2H3,(H,18,19). The molecule has 0 radical (unpaired) electrons. The molecule has 0 saturated heterocycles. The molecule has 1 aliphatic carbocycles. The SMILES string of the molecule is COc1ccc(C)c(C2CCc3c(cn[nH]c3=O)C2)c1. The summed E-state index contributed by atoms with van der Waals surface area (Å²) in [5.74, 6) is 1.32. The molecule has 1 unspecified atom stereocenters. The molecular weight excluding hydrogens is 252 g/mol. The van der Waals surface area contributed by atoms with Gasteiger partial charge < -0.3 is 4.74 Å². The van der Waals surface area contributed by atoms with E-state index in [0.717, 1.165) is 36.1 Å². The first kappa shape index (κ1) is 12.9. The van der Waals surface area contributed by atoms with Crippen molar-refractivity contribution in [1.29, 1.82) is 0 Å². The first-order valence-corrected chi connectivity index (χ1v) is 6.89. The van der Waals surface area contributed by atoms with Gasteiger partial charge >= 0.3 is 0 Å². The van der Waals surface area contributed by atoms with Crippen molar-refractivity contribution < 1.29 is 4.74 Å². The average molecular weight is 270 g/mol. The lowest BCUT2D eigenvalue weighted by molar-refractivity contribution is 0.413. The quantitative estimate of drug-likeness (QED) is 0.911. The average Bonchev–Trinajstić information content (AvgIpc) is 2.48. The Hall–Kier alpha value is -2.10. The number of hydrogen-bond donors (Lipinski definition) is 1. The van der Waals surface area contributed by atoms with Crippen molar-refractivity contribution in [2.75, 3.05) is 7.11 Å². The summed E-state index contributed by atoms with van der Waals surface area (Å²) in [6.45, 7) is 2.13. The zero-order valence-electron chi connectivity index (χ0n) is 11.8. The minimum absolute atomic E-state index is 0.0386. The number of rotatable bonds is 2. The fraction of sp³-hybridized carbons (Fsp3) is 0.375. The van der Waals surface area contributed by atoms with Crippen LogP contribution in [0.25, 0.3) is 0 Å². The summed E-state index contributed by atoms with van der Waals surface area (Å²) >= 11 is 0. The van der Waals surface area contributed by atoms with E-state index in [-0.39, 0.29) is 5.56 Å². The smallest absolute Gasteiger partial charge is 0.267 e. The molecular formula is C16H18N2O2. The Labute approximate surface area is 117 Å². The van der Waals surface area contributed by atoms with Crippen molar-refractivity contribution in [3.8, 4) is 5.75 Å². The van der Waals surface area contributed by atoms with Crippen LogP contribution in [-0.2, 0) is 12.8 Å². The third-order valence-electron chi connectivity index (χ3n) is 4.18. The Morgan fingerprint density at radius 2 is 2.25 bits per heavy atom. The second-order valence-electron chi connectivity index (χ2n) is 5.37. The monoisotopic (exact) mass is 270 g/mol. The van der Waals surface area contributed by atoms with Crippen molar-refractivity contribution in [3.63, 3.8) is 0 Å². The molecule has 0 saturated carbocycles. The topological polar surface area (TPSA) is 55.0 Å². The third kappa shape index (κ3) is 2.22. The highest BCUT2D eigenvalue weighted by Gasteiger charge is 2.23. The number of aromatic amines is 1. The van der Waals surface area contributed by atoms with E-state index in [2.05, 4.69) is 29.3 Å². The normalized spacial score (nSPS) is 17.6. The molecule has 1 heterocycles. The van der Waals surface area contributed by atoms with Crippen LogP contribution in [0.5, 0.6) is 5.75 Å². The lowest BCUT2D eigenvalue weighted by Crippen LogP contribution is -2.23. The van der Waals surface area contributed by atoms with Crippen LogP contribution >= 0.6 is 0 Å². The molecule has 0 fully saturated rings. The molecule has 4 heteroatoms. The van der Waals surface area contributed by atoms with Crippen LogP contribution in [0.2, 0.25) is 0 Å². The zero-order chi connectivity index (χ0) is 14.1. The maximum Gasteiger partial charge on any atom is 0.267 e. The molecule has 0 bridgehead atoms. The molecule has 104 valence electrons. The van der Waals surface area contributed by atoms with Crippen LogP contribution in [0.1, 0.15) is 34.6 Å². The predicted octanol–water partition coefficient (Wildman–Crippen LogP) is 2.36. The number of methoxy groups -OCH3 is 1. The van der Waals surface area contributed by atoms with Gasteiger partial charge in [0.2, 0.25) is 0 Å². The highest BCUT2D eigenvalue weighted by atomic mass is 16.5. The van der Waals surface area contributed by atoms with Gasteiger partial charge in [0.15, 0.2) is 0 Å². The molecule has 0 spiro atoms. The van der Waals surface area contributed by atoms with Crippen LogP contribution in [0.3, 0.4) is 0 Å². The molecule has 1 atom stereocenters. The van der Waals surface area contributed by atoms with Gasteiger partial charge in [0.25, 0.3) is 5.56 Å². The molecule has 1 aliphatic rings. The Bertz CT molecular complexity index is 691. The Kier molecular flexibility index (Phi) is 3.30. The summed E-state index contributed by atoms with van der Waals surface area (Å²) < 4.78 is 5.32. The first-order valence-electron chi connectivity index (χ1n) is 6.89. The fourth-order valence-electron chi connectivity index (χ4n) is 3.05. The number of benzene rings is 1. The van der Waals surface area contributed by atoms with Crippen molar-refractivity contribution in [3.05, 3.63) is 57.0 Å². The van der Waals surface area contributed by atoms with Gasteiger partial charge in [0, 0.05) is 5.56 Å². The molecule has 3 rings (SSSR count). The second kappa shape index (κ2) is 5.12. The maximum absolute atomic E-state index is 11.7. The van der Waals surface area contributed by atoms with Gasteiger partial charge in [-0.15, -0.1) is 0 Å². The predicted molar refractivity (Wildman–Crippen MR) is 77.4 cm³/mol. The largest absolute Gasteiger partial charge is 0.497 e. The van der Waals surface area contributed by atoms with Gasteiger partial charge in [-0.1, -0.05) is 6.07 Å². The molecule has 2 aromatic rings. The molecule has 20 heavy (non-hydrogen) atoms. The van der Waals surface area contributed by atoms with E-state index in [0.29, 0.717) is 5.92 Å². The molecule has 4 nitrogen and oxygen atoms in total. The lowest BCUT2D eigenvalue weighted by Gasteiger charge is -2.25. The van der Waals surface area contributed by atoms with Crippen LogP contribution in [0.15, 0.2) is 29.2 Å². The third-order valence-corrected chi connectivity index (χ3v) is 4.18. The number of hydrogen-bond acceptors (Lipinski definition) is 3. The molecule has 1 N–H and O–H groups in total. The Morgan fingerprint density at radius 3 is 3.05 bits per heavy atom. The number of aromatic nitrogens is 2. The van der Waals surface area contributed by atoms with Crippen molar-refractivity contribution >= 4 is 0 Å². The summed E-state index contributed by atoms with van der Waals surface area (Å²) in [5, 5.41) is 6.44. The van der Waals surface area contributed by atoms with Gasteiger partial charge in [0.1, 0.15) is 5.75 Å². The van der Waals surface area contributed by atoms with Crippen molar-refractivity contribution in [2.24, 2.45) is 0 Å². The van der Waals surface area contributed by atoms with E-state index in [4.69, 9.17) is 4.74 Å². The van der Waals surface area contributed by atoms with Crippen molar-refractivity contribution in [2.45, 2.75) is 32.1 Å². The molecule has 1 aromatic carbocycles. The van der Waals surface area contributed by atoms with E-state index < -0.39 is 0 Å². The second-order valence-corrected chi connectivity index (χ2v) is 5.37. The highest BCUT2D eigenvalue weighted by Crippen LogP contribution is 2.34. The van der Waals surface area contributed by atoms with Crippen LogP contribution in [0.4, 0.5) is 0 Å². The fourth-order valence-corrected chi connectivity index (χ4v) is 3.05. The number of H-pyrrole nitrogens is 1. The number of ether oxygens (including phenoxy) is 1. The Balaban J connectivity index is 1.96. The van der Waals surface area contributed by atoms with E-state index >= 15 is 0 Å². The highest BCUT2D eigenvalue weighted by molar-refractivity contribution is 5.39. The summed E-state index contributed by atoms with van der Waals surface area (Å²) in [4.78, 5) is 11.7. The van der Waals surface area contributed by atoms with E-state index in [1.54, 1.807) is 13.3 Å². The van der Waals surface area contributed by atoms with Crippen LogP contribution < -0.4 is 10.3 Å². The number of fused-ring (bicyclic) bond motifs is 1. The summed E-state index contributed by atoms with van der Waals surface area (Å²) in [6, 6.07) is 6.20. The minimum Gasteiger partial charge on any atom is -0.497 e. The number of nitrogens with zero attached hydrogens (tertiary/aromatic N) is 1. The zero-order valence-corrected chi connectivity index (χ0v) is 11.8. The van der Waals surface area contributed by atoms with Gasteiger partial charge in [-0.2, -0.15) is 5.10 Å². The van der Waals surface area contributed by atoms with Gasteiger partial charge in [-0.3, -0.25) is 4.79 Å². The van der Waals surface area contributed by atoms with Crippen molar-refractivity contribution in [1.82, 2.24) is 10.2 Å². The molecule has 0 amide bonds. The molecule has 0 aliphatic heterocycles. The summed E-state index contributed by atoms with van der Waals surface area (Å²) in [5.41, 5.74) is 4.53. The lowest BCUT2D eigenvalue weighted by atomic mass is 9.80. The van der Waals surface area contributed by atoms with E-state index in [1.807, 2.05) is 6.07 Å². The summed E-state index contributed by atoms with van der Waals surface area (Å²) in [7, 11) is 1.69. The number of aryl methyl sites for hydroxylation is 1. The van der Waals surface area contributed by atoms with Gasteiger partial charge in [0.05, 0.1) is 13.3 Å². The molecule has 1 aromatic heterocycles. The van der Waals surface area contributed by atoms with Crippen LogP contribution in [0, 0.1) is 6.92 Å². The van der Waals surface area contributed by atoms with Gasteiger partial charge in [-0.05, 0) is 60.9 Å². The first-order chi connectivity index (χ1) is 9.69. The summed E-state index contributed by atoms with van der Waals surface area (Å²) in [6.07, 6.45) is 4.47. The maximum atomic E-state index is 11.7. The van der Waals surface area contributed by atoms with E-state index in [1.165, 1.54) is 11.1 Å². The van der Waals surface area contributed by atoms with Gasteiger partial charge in [-0.25, -0.2) is 5.10 Å². The Morgan fingerprint density at radius 1 is 1.40 bits per heavy atom.